The van der Waals surface area contributed by atoms with Crippen LogP contribution in [-0.4, -0.2) is 10.5 Å². The average Bonchev–Trinajstić information content (AvgIpc) is 2.67. The van der Waals surface area contributed by atoms with Crippen LogP contribution in [0.2, 0.25) is 0 Å². The lowest BCUT2D eigenvalue weighted by atomic mass is 9.64. The van der Waals surface area contributed by atoms with Gasteiger partial charge >= 0.3 is 0 Å². The van der Waals surface area contributed by atoms with E-state index in [9.17, 15) is 4.79 Å². The maximum Gasteiger partial charge on any atom is 0.226 e. The van der Waals surface area contributed by atoms with Gasteiger partial charge in [-0.25, -0.2) is 0 Å². The average molecular weight is 206 g/mol. The van der Waals surface area contributed by atoms with Gasteiger partial charge in [0.1, 0.15) is 0 Å². The minimum atomic E-state index is -0.510. The first kappa shape index (κ1) is 10.3. The molecule has 0 aliphatic carbocycles. The molecule has 3 nitrogen and oxygen atoms in total. The van der Waals surface area contributed by atoms with Gasteiger partial charge in [-0.05, 0) is 26.0 Å². The Balaban J connectivity index is 2.66. The second kappa shape index (κ2) is 2.65. The van der Waals surface area contributed by atoms with Crippen molar-refractivity contribution in [2.45, 2.75) is 39.2 Å². The summed E-state index contributed by atoms with van der Waals surface area (Å²) in [5.74, 6) is -0.219. The fourth-order valence-electron chi connectivity index (χ4n) is 2.84. The maximum absolute atomic E-state index is 11.7. The Bertz CT molecular complexity index is 419. The molecule has 2 atom stereocenters. The van der Waals surface area contributed by atoms with Crippen molar-refractivity contribution in [3.05, 3.63) is 24.0 Å². The van der Waals surface area contributed by atoms with Gasteiger partial charge in [0.15, 0.2) is 0 Å². The fourth-order valence-corrected chi connectivity index (χ4v) is 2.84. The molecule has 1 amide bonds. The third kappa shape index (κ3) is 0.933. The van der Waals surface area contributed by atoms with Gasteiger partial charge in [-0.3, -0.25) is 4.79 Å². The number of rotatable bonds is 1. The van der Waals surface area contributed by atoms with Crippen molar-refractivity contribution in [1.82, 2.24) is 4.57 Å². The highest BCUT2D eigenvalue weighted by atomic mass is 16.1. The van der Waals surface area contributed by atoms with Crippen molar-refractivity contribution in [2.75, 3.05) is 0 Å². The smallest absolute Gasteiger partial charge is 0.226 e. The Morgan fingerprint density at radius 1 is 1.47 bits per heavy atom. The zero-order chi connectivity index (χ0) is 11.4. The van der Waals surface area contributed by atoms with Gasteiger partial charge < -0.3 is 10.3 Å². The van der Waals surface area contributed by atoms with Gasteiger partial charge in [0.2, 0.25) is 5.91 Å². The molecule has 0 spiro atoms. The molecule has 1 aliphatic rings. The summed E-state index contributed by atoms with van der Waals surface area (Å²) in [6.07, 6.45) is 2.02. The predicted octanol–water partition coefficient (Wildman–Crippen LogP) is 1.83. The van der Waals surface area contributed by atoms with Crippen molar-refractivity contribution >= 4 is 5.91 Å². The lowest BCUT2D eigenvalue weighted by molar-refractivity contribution is -0.131. The number of aromatic nitrogens is 1. The van der Waals surface area contributed by atoms with E-state index in [1.807, 2.05) is 19.2 Å². The molecule has 1 aromatic rings. The molecular weight excluding hydrogens is 188 g/mol. The van der Waals surface area contributed by atoms with E-state index in [0.29, 0.717) is 0 Å². The topological polar surface area (TPSA) is 48.0 Å². The van der Waals surface area contributed by atoms with E-state index in [1.54, 1.807) is 0 Å². The molecule has 0 aromatic carbocycles. The summed E-state index contributed by atoms with van der Waals surface area (Å²) in [7, 11) is 0. The van der Waals surface area contributed by atoms with Crippen LogP contribution in [0.5, 0.6) is 0 Å². The van der Waals surface area contributed by atoms with Crippen LogP contribution >= 0.6 is 0 Å². The molecule has 15 heavy (non-hydrogen) atoms. The molecule has 82 valence electrons. The molecule has 0 saturated carbocycles. The Hall–Kier alpha value is -1.25. The van der Waals surface area contributed by atoms with Crippen molar-refractivity contribution in [2.24, 2.45) is 11.1 Å². The molecule has 1 aliphatic heterocycles. The second-order valence-electron chi connectivity index (χ2n) is 5.17. The zero-order valence-electron chi connectivity index (χ0n) is 9.74. The number of hydrogen-bond acceptors (Lipinski definition) is 1. The van der Waals surface area contributed by atoms with Crippen LogP contribution in [0, 0.1) is 5.41 Å². The van der Waals surface area contributed by atoms with Crippen molar-refractivity contribution in [3.8, 4) is 0 Å². The Morgan fingerprint density at radius 3 is 2.53 bits per heavy atom. The monoisotopic (exact) mass is 206 g/mol. The first-order valence-corrected chi connectivity index (χ1v) is 5.30. The molecular formula is C12H18N2O. The van der Waals surface area contributed by atoms with Crippen molar-refractivity contribution in [1.29, 1.82) is 0 Å². The molecule has 2 N–H and O–H groups in total. The van der Waals surface area contributed by atoms with E-state index in [0.717, 1.165) is 0 Å². The van der Waals surface area contributed by atoms with Gasteiger partial charge in [-0.2, -0.15) is 0 Å². The molecule has 2 heterocycles. The summed E-state index contributed by atoms with van der Waals surface area (Å²) in [5.41, 5.74) is 6.06. The SMILES string of the molecule is CC1n2cccc2C(C)(C)C1(C)C(N)=O. The minimum Gasteiger partial charge on any atom is -0.369 e. The van der Waals surface area contributed by atoms with Crippen LogP contribution in [0.25, 0.3) is 0 Å². The van der Waals surface area contributed by atoms with Gasteiger partial charge in [0.05, 0.1) is 5.41 Å². The Labute approximate surface area is 90.3 Å². The summed E-state index contributed by atoms with van der Waals surface area (Å²) in [6, 6.07) is 4.22. The molecule has 2 unspecified atom stereocenters. The van der Waals surface area contributed by atoms with Gasteiger partial charge in [0.25, 0.3) is 0 Å². The Morgan fingerprint density at radius 2 is 2.07 bits per heavy atom. The number of nitrogens with two attached hydrogens (primary N) is 1. The number of nitrogens with zero attached hydrogens (tertiary/aromatic N) is 1. The van der Waals surface area contributed by atoms with Crippen LogP contribution in [0.1, 0.15) is 39.4 Å². The van der Waals surface area contributed by atoms with E-state index in [1.165, 1.54) is 5.69 Å². The number of hydrogen-bond donors (Lipinski definition) is 1. The summed E-state index contributed by atoms with van der Waals surface area (Å²) in [6.45, 7) is 8.20. The molecule has 1 aromatic heterocycles. The van der Waals surface area contributed by atoms with Crippen molar-refractivity contribution in [3.63, 3.8) is 0 Å². The number of carbonyl (C=O) groups is 1. The molecule has 0 radical (unpaired) electrons. The quantitative estimate of drug-likeness (QED) is 0.748. The molecule has 3 heteroatoms. The van der Waals surface area contributed by atoms with E-state index in [-0.39, 0.29) is 17.4 Å². The highest BCUT2D eigenvalue weighted by molar-refractivity contribution is 5.83. The molecule has 0 saturated heterocycles. The van der Waals surface area contributed by atoms with Crippen LogP contribution in [0.15, 0.2) is 18.3 Å². The molecule has 2 rings (SSSR count). The standard InChI is InChI=1S/C12H18N2O/c1-8-12(4,10(13)15)11(2,3)9-6-5-7-14(8)9/h5-8H,1-4H3,(H2,13,15). The Kier molecular flexibility index (Phi) is 1.82. The third-order valence-corrected chi connectivity index (χ3v) is 4.48. The van der Waals surface area contributed by atoms with E-state index >= 15 is 0 Å². The van der Waals surface area contributed by atoms with E-state index in [4.69, 9.17) is 5.73 Å². The van der Waals surface area contributed by atoms with Gasteiger partial charge in [0, 0.05) is 23.3 Å². The summed E-state index contributed by atoms with van der Waals surface area (Å²) < 4.78 is 2.16. The number of amides is 1. The van der Waals surface area contributed by atoms with Gasteiger partial charge in [-0.1, -0.05) is 13.8 Å². The normalized spacial score (nSPS) is 32.7. The summed E-state index contributed by atoms with van der Waals surface area (Å²) in [5, 5.41) is 0. The van der Waals surface area contributed by atoms with Crippen LogP contribution in [-0.2, 0) is 10.2 Å². The maximum atomic E-state index is 11.7. The lowest BCUT2D eigenvalue weighted by Gasteiger charge is -2.37. The summed E-state index contributed by atoms with van der Waals surface area (Å²) in [4.78, 5) is 11.7. The highest BCUT2D eigenvalue weighted by Crippen LogP contribution is 2.54. The van der Waals surface area contributed by atoms with Crippen LogP contribution in [0.3, 0.4) is 0 Å². The van der Waals surface area contributed by atoms with E-state index in [2.05, 4.69) is 31.4 Å². The molecule has 0 bridgehead atoms. The number of carbonyl (C=O) groups excluding carboxylic acids is 1. The third-order valence-electron chi connectivity index (χ3n) is 4.48. The second-order valence-corrected chi connectivity index (χ2v) is 5.17. The fraction of sp³-hybridized carbons (Fsp3) is 0.583. The number of primary amides is 1. The van der Waals surface area contributed by atoms with Crippen LogP contribution < -0.4 is 5.73 Å². The largest absolute Gasteiger partial charge is 0.369 e. The summed E-state index contributed by atoms with van der Waals surface area (Å²) >= 11 is 0. The number of fused-ring (bicyclic) bond motifs is 1. The van der Waals surface area contributed by atoms with E-state index < -0.39 is 5.41 Å². The van der Waals surface area contributed by atoms with Crippen LogP contribution in [0.4, 0.5) is 0 Å². The first-order chi connectivity index (χ1) is 6.83. The zero-order valence-corrected chi connectivity index (χ0v) is 9.74. The predicted molar refractivity (Wildman–Crippen MR) is 59.5 cm³/mol. The lowest BCUT2D eigenvalue weighted by Crippen LogP contribution is -2.47. The minimum absolute atomic E-state index is 0.120. The first-order valence-electron chi connectivity index (χ1n) is 5.30. The molecule has 0 fully saturated rings. The highest BCUT2D eigenvalue weighted by Gasteiger charge is 2.57. The van der Waals surface area contributed by atoms with Crippen molar-refractivity contribution < 1.29 is 4.79 Å². The van der Waals surface area contributed by atoms with Gasteiger partial charge in [-0.15, -0.1) is 0 Å².